The first-order chi connectivity index (χ1) is 7.77. The van der Waals surface area contributed by atoms with E-state index in [-0.39, 0.29) is 6.04 Å². The van der Waals surface area contributed by atoms with E-state index in [1.807, 2.05) is 0 Å². The first kappa shape index (κ1) is 11.6. The average molecular weight is 219 g/mol. The molecule has 0 bridgehead atoms. The molecule has 88 valence electrons. The number of nitrogens with two attached hydrogens (primary N) is 1. The van der Waals surface area contributed by atoms with Crippen LogP contribution in [0.1, 0.15) is 17.2 Å². The molecule has 0 spiro atoms. The van der Waals surface area contributed by atoms with Crippen LogP contribution in [-0.4, -0.2) is 37.6 Å². The maximum absolute atomic E-state index is 6.26. The quantitative estimate of drug-likeness (QED) is 0.793. The third kappa shape index (κ3) is 2.82. The zero-order chi connectivity index (χ0) is 11.4. The molecule has 1 fully saturated rings. The van der Waals surface area contributed by atoms with Gasteiger partial charge in [-0.2, -0.15) is 0 Å². The molecule has 16 heavy (non-hydrogen) atoms. The minimum absolute atomic E-state index is 0.138. The number of nitrogens with zero attached hydrogens (tertiary/aromatic N) is 1. The summed E-state index contributed by atoms with van der Waals surface area (Å²) in [4.78, 5) is 2.44. The molecule has 1 aromatic carbocycles. The molecule has 1 aliphatic heterocycles. The molecule has 1 heterocycles. The van der Waals surface area contributed by atoms with Crippen LogP contribution in [0.3, 0.4) is 0 Å². The van der Waals surface area contributed by atoms with Crippen LogP contribution >= 0.6 is 0 Å². The average Bonchev–Trinajstić information content (AvgIpc) is 2.31. The van der Waals surface area contributed by atoms with Gasteiger partial charge >= 0.3 is 0 Å². The Morgan fingerprint density at radius 2 is 2.00 bits per heavy atom. The van der Waals surface area contributed by atoms with E-state index in [1.54, 1.807) is 0 Å². The van der Waals surface area contributed by atoms with Gasteiger partial charge in [-0.1, -0.05) is 24.3 Å². The predicted octanol–water partition coefficient (Wildman–Crippen LogP) is 0.900. The van der Waals surface area contributed by atoms with E-state index in [2.05, 4.69) is 41.4 Å². The standard InChI is InChI=1S/C13H21N3/c1-11-4-2-3-5-12(11)13(14)10-16-8-6-15-7-9-16/h2-5,13,15H,6-10,14H2,1H3. The van der Waals surface area contributed by atoms with Crippen molar-refractivity contribution in [1.82, 2.24) is 10.2 Å². The third-order valence-electron chi connectivity index (χ3n) is 3.25. The Hall–Kier alpha value is -0.900. The van der Waals surface area contributed by atoms with Gasteiger partial charge in [0.1, 0.15) is 0 Å². The summed E-state index contributed by atoms with van der Waals surface area (Å²) in [6.45, 7) is 7.49. The SMILES string of the molecule is Cc1ccccc1C(N)CN1CCNCC1. The van der Waals surface area contributed by atoms with Crippen molar-refractivity contribution in [3.63, 3.8) is 0 Å². The topological polar surface area (TPSA) is 41.3 Å². The van der Waals surface area contributed by atoms with Crippen molar-refractivity contribution < 1.29 is 0 Å². The Kier molecular flexibility index (Phi) is 3.93. The highest BCUT2D eigenvalue weighted by atomic mass is 15.2. The third-order valence-corrected chi connectivity index (χ3v) is 3.25. The van der Waals surface area contributed by atoms with Gasteiger partial charge in [0, 0.05) is 38.8 Å². The van der Waals surface area contributed by atoms with Gasteiger partial charge < -0.3 is 11.1 Å². The smallest absolute Gasteiger partial charge is 0.0426 e. The molecule has 1 aliphatic rings. The lowest BCUT2D eigenvalue weighted by atomic mass is 10.0. The van der Waals surface area contributed by atoms with Gasteiger partial charge in [-0.05, 0) is 18.1 Å². The molecule has 1 unspecified atom stereocenters. The first-order valence-corrected chi connectivity index (χ1v) is 6.01. The molecule has 0 amide bonds. The number of hydrogen-bond acceptors (Lipinski definition) is 3. The largest absolute Gasteiger partial charge is 0.323 e. The predicted molar refractivity (Wildman–Crippen MR) is 67.4 cm³/mol. The summed E-state index contributed by atoms with van der Waals surface area (Å²) in [5, 5.41) is 3.36. The summed E-state index contributed by atoms with van der Waals surface area (Å²) in [6, 6.07) is 8.55. The zero-order valence-electron chi connectivity index (χ0n) is 9.95. The highest BCUT2D eigenvalue weighted by Crippen LogP contribution is 2.16. The lowest BCUT2D eigenvalue weighted by Gasteiger charge is -2.30. The van der Waals surface area contributed by atoms with E-state index < -0.39 is 0 Å². The molecule has 3 N–H and O–H groups in total. The van der Waals surface area contributed by atoms with E-state index in [1.165, 1.54) is 11.1 Å². The maximum Gasteiger partial charge on any atom is 0.0426 e. The van der Waals surface area contributed by atoms with Gasteiger partial charge in [0.15, 0.2) is 0 Å². The van der Waals surface area contributed by atoms with Gasteiger partial charge in [0.2, 0.25) is 0 Å². The van der Waals surface area contributed by atoms with Gasteiger partial charge in [-0.25, -0.2) is 0 Å². The Morgan fingerprint density at radius 1 is 1.31 bits per heavy atom. The minimum Gasteiger partial charge on any atom is -0.323 e. The van der Waals surface area contributed by atoms with Crippen molar-refractivity contribution in [3.8, 4) is 0 Å². The van der Waals surface area contributed by atoms with Crippen molar-refractivity contribution in [3.05, 3.63) is 35.4 Å². The van der Waals surface area contributed by atoms with E-state index in [0.29, 0.717) is 0 Å². The molecule has 3 nitrogen and oxygen atoms in total. The monoisotopic (exact) mass is 219 g/mol. The van der Waals surface area contributed by atoms with Crippen LogP contribution in [0, 0.1) is 6.92 Å². The highest BCUT2D eigenvalue weighted by molar-refractivity contribution is 5.28. The summed E-state index contributed by atoms with van der Waals surface area (Å²) in [6.07, 6.45) is 0. The second-order valence-electron chi connectivity index (χ2n) is 4.51. The molecule has 1 atom stereocenters. The molecule has 2 rings (SSSR count). The fourth-order valence-corrected chi connectivity index (χ4v) is 2.27. The highest BCUT2D eigenvalue weighted by Gasteiger charge is 2.15. The van der Waals surface area contributed by atoms with Gasteiger partial charge in [0.05, 0.1) is 0 Å². The molecule has 1 aromatic rings. The summed E-state index contributed by atoms with van der Waals surface area (Å²) in [7, 11) is 0. The van der Waals surface area contributed by atoms with E-state index >= 15 is 0 Å². The van der Waals surface area contributed by atoms with Crippen molar-refractivity contribution in [2.45, 2.75) is 13.0 Å². The summed E-state index contributed by atoms with van der Waals surface area (Å²) in [5.74, 6) is 0. The number of benzene rings is 1. The number of aryl methyl sites for hydroxylation is 1. The van der Waals surface area contributed by atoms with Crippen LogP contribution in [0.5, 0.6) is 0 Å². The summed E-state index contributed by atoms with van der Waals surface area (Å²) >= 11 is 0. The van der Waals surface area contributed by atoms with Gasteiger partial charge in [-0.15, -0.1) is 0 Å². The number of nitrogens with one attached hydrogen (secondary N) is 1. The summed E-state index contributed by atoms with van der Waals surface area (Å²) < 4.78 is 0. The van der Waals surface area contributed by atoms with Crippen LogP contribution in [-0.2, 0) is 0 Å². The van der Waals surface area contributed by atoms with Crippen LogP contribution in [0.15, 0.2) is 24.3 Å². The second kappa shape index (κ2) is 5.43. The molecular weight excluding hydrogens is 198 g/mol. The fraction of sp³-hybridized carbons (Fsp3) is 0.538. The van der Waals surface area contributed by atoms with E-state index in [0.717, 1.165) is 32.7 Å². The van der Waals surface area contributed by atoms with Gasteiger partial charge in [0.25, 0.3) is 0 Å². The Labute approximate surface area is 97.6 Å². The number of hydrogen-bond donors (Lipinski definition) is 2. The minimum atomic E-state index is 0.138. The van der Waals surface area contributed by atoms with Crippen molar-refractivity contribution >= 4 is 0 Å². The van der Waals surface area contributed by atoms with Crippen LogP contribution in [0.4, 0.5) is 0 Å². The van der Waals surface area contributed by atoms with Crippen LogP contribution < -0.4 is 11.1 Å². The molecule has 0 aromatic heterocycles. The van der Waals surface area contributed by atoms with E-state index in [9.17, 15) is 0 Å². The Morgan fingerprint density at radius 3 is 2.69 bits per heavy atom. The molecule has 0 radical (unpaired) electrons. The lowest BCUT2D eigenvalue weighted by Crippen LogP contribution is -2.46. The maximum atomic E-state index is 6.26. The summed E-state index contributed by atoms with van der Waals surface area (Å²) in [5.41, 5.74) is 8.84. The molecular formula is C13H21N3. The Bertz CT molecular complexity index is 332. The fourth-order valence-electron chi connectivity index (χ4n) is 2.27. The van der Waals surface area contributed by atoms with Crippen molar-refractivity contribution in [2.75, 3.05) is 32.7 Å². The normalized spacial score (nSPS) is 19.6. The number of piperazine rings is 1. The van der Waals surface area contributed by atoms with Crippen molar-refractivity contribution in [1.29, 1.82) is 0 Å². The Balaban J connectivity index is 1.96. The molecule has 3 heteroatoms. The van der Waals surface area contributed by atoms with Crippen LogP contribution in [0.25, 0.3) is 0 Å². The number of rotatable bonds is 3. The van der Waals surface area contributed by atoms with Crippen molar-refractivity contribution in [2.24, 2.45) is 5.73 Å². The molecule has 0 aliphatic carbocycles. The molecule has 0 saturated carbocycles. The molecule has 1 saturated heterocycles. The first-order valence-electron chi connectivity index (χ1n) is 6.01. The second-order valence-corrected chi connectivity index (χ2v) is 4.51. The van der Waals surface area contributed by atoms with E-state index in [4.69, 9.17) is 5.73 Å². The van der Waals surface area contributed by atoms with Gasteiger partial charge in [-0.3, -0.25) is 4.90 Å². The van der Waals surface area contributed by atoms with Crippen LogP contribution in [0.2, 0.25) is 0 Å². The zero-order valence-corrected chi connectivity index (χ0v) is 9.95. The lowest BCUT2D eigenvalue weighted by molar-refractivity contribution is 0.228.